The molecule has 0 N–H and O–H groups in total. The first-order chi connectivity index (χ1) is 7.61. The number of hydrogen-bond donors (Lipinski definition) is 0. The SMILES string of the molecule is CC1=C(C)C(C)C(C)=C1CC1SCCCS1. The van der Waals surface area contributed by atoms with Gasteiger partial charge in [-0.1, -0.05) is 18.1 Å². The van der Waals surface area contributed by atoms with Crippen LogP contribution in [-0.4, -0.2) is 16.1 Å². The Balaban J connectivity index is 2.09. The third-order valence-electron chi connectivity index (χ3n) is 4.09. The van der Waals surface area contributed by atoms with Crippen LogP contribution in [0, 0.1) is 5.92 Å². The van der Waals surface area contributed by atoms with Crippen molar-refractivity contribution in [3.63, 3.8) is 0 Å². The van der Waals surface area contributed by atoms with Crippen molar-refractivity contribution in [2.24, 2.45) is 5.92 Å². The molecule has 0 bridgehead atoms. The van der Waals surface area contributed by atoms with Crippen LogP contribution in [0.2, 0.25) is 0 Å². The quantitative estimate of drug-likeness (QED) is 0.689. The number of thioether (sulfide) groups is 2. The Morgan fingerprint density at radius 2 is 1.69 bits per heavy atom. The van der Waals surface area contributed by atoms with Gasteiger partial charge in [0.2, 0.25) is 0 Å². The summed E-state index contributed by atoms with van der Waals surface area (Å²) in [5, 5.41) is 0. The van der Waals surface area contributed by atoms with E-state index in [0.29, 0.717) is 5.92 Å². The molecule has 0 nitrogen and oxygen atoms in total. The van der Waals surface area contributed by atoms with Crippen molar-refractivity contribution in [2.75, 3.05) is 11.5 Å². The largest absolute Gasteiger partial charge is 0.147 e. The third-order valence-corrected chi connectivity index (χ3v) is 7.03. The smallest absolute Gasteiger partial charge is 0.0542 e. The van der Waals surface area contributed by atoms with E-state index < -0.39 is 0 Å². The molecular weight excluding hydrogens is 232 g/mol. The fourth-order valence-electron chi connectivity index (χ4n) is 2.58. The van der Waals surface area contributed by atoms with E-state index in [1.54, 1.807) is 22.3 Å². The average molecular weight is 254 g/mol. The molecule has 2 aliphatic rings. The van der Waals surface area contributed by atoms with Crippen LogP contribution in [0.3, 0.4) is 0 Å². The molecule has 0 aromatic heterocycles. The third kappa shape index (κ3) is 2.38. The predicted molar refractivity (Wildman–Crippen MR) is 78.2 cm³/mol. The van der Waals surface area contributed by atoms with Crippen LogP contribution in [0.15, 0.2) is 22.3 Å². The second-order valence-corrected chi connectivity index (χ2v) is 7.84. The van der Waals surface area contributed by atoms with E-state index in [1.807, 2.05) is 0 Å². The summed E-state index contributed by atoms with van der Waals surface area (Å²) in [6.45, 7) is 9.30. The summed E-state index contributed by atoms with van der Waals surface area (Å²) >= 11 is 4.33. The van der Waals surface area contributed by atoms with E-state index >= 15 is 0 Å². The molecule has 0 saturated carbocycles. The summed E-state index contributed by atoms with van der Waals surface area (Å²) in [7, 11) is 0. The lowest BCUT2D eigenvalue weighted by atomic mass is 9.99. The van der Waals surface area contributed by atoms with Crippen LogP contribution in [0.5, 0.6) is 0 Å². The first-order valence-corrected chi connectivity index (χ1v) is 8.31. The van der Waals surface area contributed by atoms with Crippen molar-refractivity contribution in [3.8, 4) is 0 Å². The topological polar surface area (TPSA) is 0 Å². The molecule has 1 saturated heterocycles. The minimum atomic E-state index is 0.689. The molecule has 2 rings (SSSR count). The second-order valence-electron chi connectivity index (χ2n) is 4.92. The van der Waals surface area contributed by atoms with Crippen LogP contribution in [0.4, 0.5) is 0 Å². The maximum Gasteiger partial charge on any atom is 0.0542 e. The zero-order valence-corrected chi connectivity index (χ0v) is 12.4. The molecule has 0 amide bonds. The van der Waals surface area contributed by atoms with E-state index in [0.717, 1.165) is 4.58 Å². The van der Waals surface area contributed by atoms with E-state index in [1.165, 1.54) is 24.3 Å². The summed E-state index contributed by atoms with van der Waals surface area (Å²) in [6.07, 6.45) is 2.68. The summed E-state index contributed by atoms with van der Waals surface area (Å²) in [5.74, 6) is 3.41. The molecule has 90 valence electrons. The molecule has 1 aliphatic heterocycles. The molecule has 16 heavy (non-hydrogen) atoms. The van der Waals surface area contributed by atoms with E-state index in [-0.39, 0.29) is 0 Å². The monoisotopic (exact) mass is 254 g/mol. The highest BCUT2D eigenvalue weighted by molar-refractivity contribution is 8.17. The number of allylic oxidation sites excluding steroid dienone is 4. The number of hydrogen-bond acceptors (Lipinski definition) is 2. The normalized spacial score (nSPS) is 28.1. The van der Waals surface area contributed by atoms with Crippen LogP contribution < -0.4 is 0 Å². The van der Waals surface area contributed by atoms with E-state index in [4.69, 9.17) is 0 Å². The zero-order valence-electron chi connectivity index (χ0n) is 10.8. The van der Waals surface area contributed by atoms with Crippen molar-refractivity contribution >= 4 is 23.5 Å². The first-order valence-electron chi connectivity index (χ1n) is 6.22. The predicted octanol–water partition coefficient (Wildman–Crippen LogP) is 4.88. The summed E-state index contributed by atoms with van der Waals surface area (Å²) in [5.41, 5.74) is 6.47. The van der Waals surface area contributed by atoms with Crippen LogP contribution in [-0.2, 0) is 0 Å². The van der Waals surface area contributed by atoms with E-state index in [2.05, 4.69) is 51.2 Å². The van der Waals surface area contributed by atoms with Gasteiger partial charge in [0.1, 0.15) is 0 Å². The van der Waals surface area contributed by atoms with E-state index in [9.17, 15) is 0 Å². The Labute approximate surface area is 108 Å². The standard InChI is InChI=1S/C14H22S2/c1-9-10(2)12(4)13(11(9)3)8-14-15-6-5-7-16-14/h9,14H,5-8H2,1-4H3. The minimum Gasteiger partial charge on any atom is -0.147 e. The Morgan fingerprint density at radius 1 is 1.06 bits per heavy atom. The Morgan fingerprint density at radius 3 is 2.19 bits per heavy atom. The molecule has 2 heteroatoms. The highest BCUT2D eigenvalue weighted by Crippen LogP contribution is 2.43. The van der Waals surface area contributed by atoms with Gasteiger partial charge in [-0.15, -0.1) is 23.5 Å². The van der Waals surface area contributed by atoms with Gasteiger partial charge in [-0.25, -0.2) is 0 Å². The maximum absolute atomic E-state index is 2.35. The van der Waals surface area contributed by atoms with Crippen LogP contribution >= 0.6 is 23.5 Å². The van der Waals surface area contributed by atoms with Crippen molar-refractivity contribution < 1.29 is 0 Å². The Kier molecular flexibility index (Phi) is 4.12. The fourth-order valence-corrected chi connectivity index (χ4v) is 5.44. The van der Waals surface area contributed by atoms with Gasteiger partial charge < -0.3 is 0 Å². The molecule has 1 atom stereocenters. The molecule has 1 fully saturated rings. The molecule has 0 spiro atoms. The lowest BCUT2D eigenvalue weighted by Gasteiger charge is -2.22. The van der Waals surface area contributed by atoms with Gasteiger partial charge in [0.05, 0.1) is 4.58 Å². The Hall–Kier alpha value is 0.180. The molecule has 0 radical (unpaired) electrons. The van der Waals surface area contributed by atoms with Crippen molar-refractivity contribution in [1.82, 2.24) is 0 Å². The van der Waals surface area contributed by atoms with Crippen molar-refractivity contribution in [1.29, 1.82) is 0 Å². The van der Waals surface area contributed by atoms with Crippen molar-refractivity contribution in [2.45, 2.75) is 45.1 Å². The lowest BCUT2D eigenvalue weighted by Crippen LogP contribution is -2.08. The minimum absolute atomic E-state index is 0.689. The van der Waals surface area contributed by atoms with Crippen LogP contribution in [0.1, 0.15) is 40.5 Å². The molecule has 1 aliphatic carbocycles. The highest BCUT2D eigenvalue weighted by atomic mass is 32.2. The van der Waals surface area contributed by atoms with Gasteiger partial charge >= 0.3 is 0 Å². The van der Waals surface area contributed by atoms with Gasteiger partial charge in [0, 0.05) is 0 Å². The fraction of sp³-hybridized carbons (Fsp3) is 0.714. The molecule has 1 heterocycles. The summed E-state index contributed by atoms with van der Waals surface area (Å²) < 4.78 is 0.812. The van der Waals surface area contributed by atoms with Crippen LogP contribution in [0.25, 0.3) is 0 Å². The molecule has 0 aromatic rings. The average Bonchev–Trinajstić information content (AvgIpc) is 2.48. The Bertz CT molecular complexity index is 333. The van der Waals surface area contributed by atoms with Gasteiger partial charge in [-0.3, -0.25) is 0 Å². The zero-order chi connectivity index (χ0) is 11.7. The maximum atomic E-state index is 2.35. The lowest BCUT2D eigenvalue weighted by molar-refractivity contribution is 0.811. The summed E-state index contributed by atoms with van der Waals surface area (Å²) in [4.78, 5) is 0. The summed E-state index contributed by atoms with van der Waals surface area (Å²) in [6, 6.07) is 0. The highest BCUT2D eigenvalue weighted by Gasteiger charge is 2.25. The number of rotatable bonds is 2. The van der Waals surface area contributed by atoms with Gasteiger partial charge in [0.25, 0.3) is 0 Å². The van der Waals surface area contributed by atoms with Crippen molar-refractivity contribution in [3.05, 3.63) is 22.3 Å². The molecule has 1 unspecified atom stereocenters. The van der Waals surface area contributed by atoms with Gasteiger partial charge in [-0.05, 0) is 62.2 Å². The first kappa shape index (κ1) is 12.6. The molecule has 0 aromatic carbocycles. The second kappa shape index (κ2) is 5.22. The van der Waals surface area contributed by atoms with Gasteiger partial charge in [0.15, 0.2) is 0 Å². The molecular formula is C14H22S2. The van der Waals surface area contributed by atoms with Gasteiger partial charge in [-0.2, -0.15) is 0 Å².